The van der Waals surface area contributed by atoms with Crippen molar-refractivity contribution >= 4 is 46.5 Å². The summed E-state index contributed by atoms with van der Waals surface area (Å²) in [6.45, 7) is 8.24. The van der Waals surface area contributed by atoms with Crippen LogP contribution in [0.15, 0.2) is 109 Å². The molecule has 1 aliphatic rings. The van der Waals surface area contributed by atoms with Crippen molar-refractivity contribution in [2.45, 2.75) is 20.8 Å². The van der Waals surface area contributed by atoms with Gasteiger partial charge in [0.1, 0.15) is 0 Å². The first-order valence-corrected chi connectivity index (χ1v) is 14.9. The second kappa shape index (κ2) is 10.1. The lowest BCUT2D eigenvalue weighted by Crippen LogP contribution is -2.10. The molecule has 0 N–H and O–H groups in total. The molecule has 166 valence electrons. The van der Waals surface area contributed by atoms with E-state index in [-0.39, 0.29) is 0 Å². The van der Waals surface area contributed by atoms with Gasteiger partial charge in [0, 0.05) is 20.4 Å². The molecule has 0 unspecified atom stereocenters. The lowest BCUT2D eigenvalue weighted by Gasteiger charge is -2.21. The molecule has 1 aliphatic heterocycles. The zero-order valence-electron chi connectivity index (χ0n) is 19.4. The van der Waals surface area contributed by atoms with E-state index in [2.05, 4.69) is 97.6 Å². The molecular weight excluding hydrogens is 455 g/mol. The van der Waals surface area contributed by atoms with Crippen molar-refractivity contribution in [1.29, 1.82) is 0 Å². The Morgan fingerprint density at radius 2 is 1.24 bits per heavy atom. The minimum atomic E-state index is -1.98. The van der Waals surface area contributed by atoms with Gasteiger partial charge in [0.25, 0.3) is 0 Å². The van der Waals surface area contributed by atoms with Gasteiger partial charge < -0.3 is 0 Å². The second-order valence-corrected chi connectivity index (χ2v) is 12.7. The van der Waals surface area contributed by atoms with Crippen molar-refractivity contribution in [2.75, 3.05) is 0 Å². The summed E-state index contributed by atoms with van der Waals surface area (Å²) in [5.41, 5.74) is 2.54. The van der Waals surface area contributed by atoms with Crippen LogP contribution in [-0.4, -0.2) is 6.30 Å². The highest BCUT2D eigenvalue weighted by Gasteiger charge is 2.38. The van der Waals surface area contributed by atoms with Crippen LogP contribution in [0.25, 0.3) is 30.6 Å². The molecule has 0 fully saturated rings. The lowest BCUT2D eigenvalue weighted by molar-refractivity contribution is 1.50. The Balaban J connectivity index is 0.00000126. The summed E-state index contributed by atoms with van der Waals surface area (Å²) in [4.78, 5) is 5.40. The maximum atomic E-state index is 4.94. The number of thiophene rings is 2. The molecule has 4 aromatic rings. The van der Waals surface area contributed by atoms with Gasteiger partial charge in [-0.3, -0.25) is 0 Å². The Labute approximate surface area is 206 Å². The molecule has 0 atom stereocenters. The minimum Gasteiger partial charge on any atom is -0.134 e. The number of rotatable bonds is 5. The molecule has 0 spiro atoms. The highest BCUT2D eigenvalue weighted by Crippen LogP contribution is 2.63. The Bertz CT molecular complexity index is 1280. The van der Waals surface area contributed by atoms with Crippen molar-refractivity contribution in [3.05, 3.63) is 109 Å². The van der Waals surface area contributed by atoms with Crippen LogP contribution in [0.5, 0.6) is 0 Å². The molecule has 0 saturated heterocycles. The summed E-state index contributed by atoms with van der Waals surface area (Å²) in [5, 5.41) is 4.03. The summed E-state index contributed by atoms with van der Waals surface area (Å²) in [6.07, 6.45) is 13.3. The zero-order valence-corrected chi connectivity index (χ0v) is 21.9. The van der Waals surface area contributed by atoms with Crippen LogP contribution in [0.4, 0.5) is 0 Å². The molecule has 0 aliphatic carbocycles. The zero-order chi connectivity index (χ0) is 23.4. The number of allylic oxidation sites excluding steroid dienone is 5. The summed E-state index contributed by atoms with van der Waals surface area (Å²) < 4.78 is 0. The van der Waals surface area contributed by atoms with Gasteiger partial charge in [0.2, 0.25) is 0 Å². The molecule has 0 nitrogen and oxygen atoms in total. The smallest absolute Gasteiger partial charge is 0.0538 e. The van der Waals surface area contributed by atoms with E-state index in [1.165, 1.54) is 46.6 Å². The molecule has 0 radical (unpaired) electrons. The standard InChI is InChI=1S/C28H23PS2.C2H6/c1-4-6-17-22(5-2)29(3)23-18-25(20-13-9-7-10-14-20)30-27(23)28-24(29)19-26(31-28)21-15-11-8-12-16-21;1-2/h4-19H,2-3H2,1H3;1-2H3/b6-4-,22-17+;. The lowest BCUT2D eigenvalue weighted by atomic mass is 10.2. The predicted molar refractivity (Wildman–Crippen MR) is 156 cm³/mol. The first-order valence-electron chi connectivity index (χ1n) is 11.3. The second-order valence-electron chi connectivity index (χ2n) is 7.51. The van der Waals surface area contributed by atoms with Gasteiger partial charge in [-0.2, -0.15) is 0 Å². The van der Waals surface area contributed by atoms with E-state index >= 15 is 0 Å². The van der Waals surface area contributed by atoms with Gasteiger partial charge in [-0.15, -0.1) is 22.7 Å². The summed E-state index contributed by atoms with van der Waals surface area (Å²) in [5.74, 6) is 0. The average molecular weight is 485 g/mol. The topological polar surface area (TPSA) is 0 Å². The van der Waals surface area contributed by atoms with Gasteiger partial charge >= 0.3 is 0 Å². The Kier molecular flexibility index (Phi) is 7.20. The molecule has 0 saturated carbocycles. The molecule has 33 heavy (non-hydrogen) atoms. The Hall–Kier alpha value is -2.64. The maximum absolute atomic E-state index is 4.94. The molecule has 3 heteroatoms. The van der Waals surface area contributed by atoms with Crippen molar-refractivity contribution in [3.8, 4) is 30.6 Å². The fourth-order valence-corrected chi connectivity index (χ4v) is 11.0. The third kappa shape index (κ3) is 4.08. The van der Waals surface area contributed by atoms with E-state index in [4.69, 9.17) is 6.30 Å². The van der Waals surface area contributed by atoms with E-state index in [0.717, 1.165) is 0 Å². The van der Waals surface area contributed by atoms with Gasteiger partial charge in [-0.1, -0.05) is 112 Å². The molecule has 5 rings (SSSR count). The molecule has 3 heterocycles. The van der Waals surface area contributed by atoms with E-state index in [0.29, 0.717) is 0 Å². The molecule has 0 amide bonds. The number of benzene rings is 2. The number of hydrogen-bond donors (Lipinski definition) is 0. The van der Waals surface area contributed by atoms with E-state index in [9.17, 15) is 0 Å². The minimum absolute atomic E-state index is 1.24. The van der Waals surface area contributed by atoms with Crippen molar-refractivity contribution in [2.24, 2.45) is 0 Å². The normalized spacial score (nSPS) is 13.8. The van der Waals surface area contributed by atoms with Crippen LogP contribution < -0.4 is 10.6 Å². The largest absolute Gasteiger partial charge is 0.134 e. The third-order valence-electron chi connectivity index (χ3n) is 5.68. The highest BCUT2D eigenvalue weighted by molar-refractivity contribution is 7.92. The summed E-state index contributed by atoms with van der Waals surface area (Å²) in [6, 6.07) is 26.1. The van der Waals surface area contributed by atoms with Crippen LogP contribution in [0.1, 0.15) is 20.8 Å². The SMILES string of the molecule is C=C/C(=C\C=C/C)P1(=C)c2cc(-c3ccccc3)sc2-c2sc(-c3ccccc3)cc21.CC. The quantitative estimate of drug-likeness (QED) is 0.196. The summed E-state index contributed by atoms with van der Waals surface area (Å²) >= 11 is 3.80. The van der Waals surface area contributed by atoms with Crippen LogP contribution in [0.2, 0.25) is 0 Å². The van der Waals surface area contributed by atoms with Crippen LogP contribution in [0, 0.1) is 0 Å². The highest BCUT2D eigenvalue weighted by atomic mass is 32.1. The van der Waals surface area contributed by atoms with Crippen LogP contribution in [0.3, 0.4) is 0 Å². The molecule has 0 bridgehead atoms. The van der Waals surface area contributed by atoms with Gasteiger partial charge in [0.15, 0.2) is 0 Å². The van der Waals surface area contributed by atoms with Gasteiger partial charge in [-0.05, 0) is 42.4 Å². The molecular formula is C30H29PS2. The van der Waals surface area contributed by atoms with Gasteiger partial charge in [-0.25, -0.2) is 0 Å². The fraction of sp³-hybridized carbons (Fsp3) is 0.100. The third-order valence-corrected chi connectivity index (χ3v) is 12.1. The molecule has 2 aromatic carbocycles. The van der Waals surface area contributed by atoms with Crippen molar-refractivity contribution < 1.29 is 0 Å². The maximum Gasteiger partial charge on any atom is 0.0538 e. The predicted octanol–water partition coefficient (Wildman–Crippen LogP) is 9.20. The van der Waals surface area contributed by atoms with E-state index in [1.54, 1.807) is 0 Å². The van der Waals surface area contributed by atoms with Crippen molar-refractivity contribution in [1.82, 2.24) is 0 Å². The van der Waals surface area contributed by atoms with E-state index in [1.807, 2.05) is 49.5 Å². The number of hydrogen-bond acceptors (Lipinski definition) is 2. The first-order chi connectivity index (χ1) is 16.2. The van der Waals surface area contributed by atoms with Crippen LogP contribution >= 0.6 is 29.6 Å². The molecule has 2 aromatic heterocycles. The monoisotopic (exact) mass is 484 g/mol. The fourth-order valence-electron chi connectivity index (χ4n) is 4.10. The Morgan fingerprint density at radius 3 is 1.64 bits per heavy atom. The van der Waals surface area contributed by atoms with E-state index < -0.39 is 6.89 Å². The Morgan fingerprint density at radius 1 is 0.788 bits per heavy atom. The van der Waals surface area contributed by atoms with Crippen LogP contribution in [-0.2, 0) is 0 Å². The average Bonchev–Trinajstić information content (AvgIpc) is 3.56. The van der Waals surface area contributed by atoms with Gasteiger partial charge in [0.05, 0.1) is 9.75 Å². The number of fused-ring (bicyclic) bond motifs is 3. The first kappa shape index (κ1) is 23.5. The summed E-state index contributed by atoms with van der Waals surface area (Å²) in [7, 11) is 0. The van der Waals surface area contributed by atoms with Crippen molar-refractivity contribution in [3.63, 3.8) is 0 Å².